The number of rotatable bonds is 8. The van der Waals surface area contributed by atoms with Crippen LogP contribution in [-0.2, 0) is 0 Å². The molecule has 0 saturated heterocycles. The van der Waals surface area contributed by atoms with Crippen molar-refractivity contribution in [3.63, 3.8) is 0 Å². The Labute approximate surface area is 328 Å². The average Bonchev–Trinajstić information content (AvgIpc) is 3.70. The Bertz CT molecular complexity index is 2730. The minimum absolute atomic E-state index is 0.501. The Morgan fingerprint density at radius 3 is 1.09 bits per heavy atom. The van der Waals surface area contributed by atoms with Gasteiger partial charge in [0.15, 0.2) is 34.9 Å². The predicted molar refractivity (Wildman–Crippen MR) is 224 cm³/mol. The summed E-state index contributed by atoms with van der Waals surface area (Å²) in [4.78, 5) is 39.8. The molecule has 9 nitrogen and oxygen atoms in total. The van der Waals surface area contributed by atoms with E-state index in [1.165, 1.54) is 0 Å². The fraction of sp³-hybridized carbons (Fsp3) is 0. The first kappa shape index (κ1) is 33.5. The first-order valence-corrected chi connectivity index (χ1v) is 18.5. The summed E-state index contributed by atoms with van der Waals surface area (Å²) in [5.41, 5.74) is 8.57. The van der Waals surface area contributed by atoms with Crippen LogP contribution in [0.4, 0.5) is 0 Å². The molecule has 0 unspecified atom stereocenters. The first-order valence-electron chi connectivity index (χ1n) is 18.5. The third-order valence-corrected chi connectivity index (χ3v) is 9.59. The van der Waals surface area contributed by atoms with Gasteiger partial charge in [-0.3, -0.25) is 9.55 Å². The van der Waals surface area contributed by atoms with Crippen molar-refractivity contribution in [1.82, 2.24) is 44.4 Å². The molecular formula is C48H31N9. The van der Waals surface area contributed by atoms with Gasteiger partial charge in [0, 0.05) is 57.0 Å². The van der Waals surface area contributed by atoms with E-state index >= 15 is 0 Å². The molecule has 0 bridgehead atoms. The van der Waals surface area contributed by atoms with Gasteiger partial charge in [-0.25, -0.2) is 34.9 Å². The topological polar surface area (TPSA) is 108 Å². The van der Waals surface area contributed by atoms with Crippen molar-refractivity contribution in [1.29, 1.82) is 0 Å². The second-order valence-corrected chi connectivity index (χ2v) is 13.3. The SMILES string of the molecule is c1ccc(-c2nc(-c3ccccc3)nc(-c3cc(-c4nc(-c5ccccc5)nc(-c5ccccc5)n4)cc(-n4c(-c5ccncc5)nc5ccccc54)c3)n2)cc1. The van der Waals surface area contributed by atoms with E-state index in [9.17, 15) is 0 Å². The minimum atomic E-state index is 0.501. The van der Waals surface area contributed by atoms with Crippen LogP contribution in [0.25, 0.3) is 96.4 Å². The third-order valence-electron chi connectivity index (χ3n) is 9.59. The quantitative estimate of drug-likeness (QED) is 0.152. The summed E-state index contributed by atoms with van der Waals surface area (Å²) in [7, 11) is 0. The lowest BCUT2D eigenvalue weighted by Gasteiger charge is -2.15. The van der Waals surface area contributed by atoms with Gasteiger partial charge < -0.3 is 0 Å². The van der Waals surface area contributed by atoms with Crippen molar-refractivity contribution < 1.29 is 0 Å². The van der Waals surface area contributed by atoms with Gasteiger partial charge in [0.25, 0.3) is 0 Å². The molecule has 0 N–H and O–H groups in total. The summed E-state index contributed by atoms with van der Waals surface area (Å²) in [6.45, 7) is 0. The maximum absolute atomic E-state index is 5.13. The Morgan fingerprint density at radius 2 is 0.667 bits per heavy atom. The first-order chi connectivity index (χ1) is 28.2. The summed E-state index contributed by atoms with van der Waals surface area (Å²) in [5.74, 6) is 4.02. The summed E-state index contributed by atoms with van der Waals surface area (Å²) in [6.07, 6.45) is 3.56. The lowest BCUT2D eigenvalue weighted by molar-refractivity contribution is 1.06. The minimum Gasteiger partial charge on any atom is -0.292 e. The molecular weight excluding hydrogens is 703 g/mol. The van der Waals surface area contributed by atoms with Crippen molar-refractivity contribution >= 4 is 11.0 Å². The van der Waals surface area contributed by atoms with Crippen molar-refractivity contribution in [3.05, 3.63) is 188 Å². The molecule has 4 heterocycles. The van der Waals surface area contributed by atoms with Crippen LogP contribution >= 0.6 is 0 Å². The standard InChI is InChI=1S/C48H31N9/c1-5-15-32(16-6-1)42-51-43(33-17-7-2-8-18-33)54-46(53-42)37-29-38(47-55-44(34-19-9-3-10-20-34)52-45(56-47)35-21-11-4-12-22-35)31-39(30-37)57-41-24-14-13-23-40(41)50-48(57)36-25-27-49-28-26-36/h1-31H. The summed E-state index contributed by atoms with van der Waals surface area (Å²) < 4.78 is 2.16. The van der Waals surface area contributed by atoms with Crippen LogP contribution in [0.5, 0.6) is 0 Å². The van der Waals surface area contributed by atoms with E-state index in [1.807, 2.05) is 158 Å². The zero-order valence-electron chi connectivity index (χ0n) is 30.4. The number of hydrogen-bond acceptors (Lipinski definition) is 8. The molecule has 268 valence electrons. The number of nitrogens with zero attached hydrogens (tertiary/aromatic N) is 9. The molecule has 6 aromatic carbocycles. The van der Waals surface area contributed by atoms with Gasteiger partial charge in [-0.05, 0) is 42.5 Å². The summed E-state index contributed by atoms with van der Waals surface area (Å²) in [6, 6.07) is 58.2. The average molecular weight is 734 g/mol. The molecule has 0 saturated carbocycles. The molecule has 57 heavy (non-hydrogen) atoms. The van der Waals surface area contributed by atoms with Gasteiger partial charge in [0.2, 0.25) is 0 Å². The number of para-hydroxylation sites is 2. The molecule has 0 spiro atoms. The summed E-state index contributed by atoms with van der Waals surface area (Å²) >= 11 is 0. The molecule has 0 atom stereocenters. The van der Waals surface area contributed by atoms with Crippen molar-refractivity contribution in [2.24, 2.45) is 0 Å². The highest BCUT2D eigenvalue weighted by molar-refractivity contribution is 5.85. The molecule has 0 aliphatic heterocycles. The molecule has 4 aromatic heterocycles. The largest absolute Gasteiger partial charge is 0.292 e. The van der Waals surface area contributed by atoms with Crippen LogP contribution < -0.4 is 0 Å². The van der Waals surface area contributed by atoms with Crippen LogP contribution in [0.2, 0.25) is 0 Å². The zero-order valence-corrected chi connectivity index (χ0v) is 30.4. The van der Waals surface area contributed by atoms with Crippen LogP contribution in [-0.4, -0.2) is 44.4 Å². The van der Waals surface area contributed by atoms with E-state index in [0.29, 0.717) is 34.9 Å². The Morgan fingerprint density at radius 1 is 0.298 bits per heavy atom. The van der Waals surface area contributed by atoms with Crippen LogP contribution in [0.15, 0.2) is 188 Å². The van der Waals surface area contributed by atoms with Gasteiger partial charge in [0.05, 0.1) is 11.0 Å². The molecule has 0 fully saturated rings. The fourth-order valence-electron chi connectivity index (χ4n) is 6.86. The Kier molecular flexibility index (Phi) is 8.62. The number of pyridine rings is 1. The highest BCUT2D eigenvalue weighted by atomic mass is 15.1. The highest BCUT2D eigenvalue weighted by Gasteiger charge is 2.20. The maximum atomic E-state index is 5.13. The van der Waals surface area contributed by atoms with E-state index in [2.05, 4.69) is 27.8 Å². The highest BCUT2D eigenvalue weighted by Crippen LogP contribution is 2.35. The molecule has 0 aliphatic carbocycles. The zero-order chi connectivity index (χ0) is 38.0. The molecule has 10 rings (SSSR count). The van der Waals surface area contributed by atoms with Crippen molar-refractivity contribution in [2.75, 3.05) is 0 Å². The second-order valence-electron chi connectivity index (χ2n) is 13.3. The lowest BCUT2D eigenvalue weighted by Crippen LogP contribution is -2.04. The van der Waals surface area contributed by atoms with Crippen LogP contribution in [0.1, 0.15) is 0 Å². The van der Waals surface area contributed by atoms with E-state index < -0.39 is 0 Å². The van der Waals surface area contributed by atoms with E-state index in [1.54, 1.807) is 12.4 Å². The number of benzene rings is 6. The van der Waals surface area contributed by atoms with Crippen molar-refractivity contribution in [3.8, 4) is 85.4 Å². The van der Waals surface area contributed by atoms with Gasteiger partial charge in [-0.1, -0.05) is 133 Å². The van der Waals surface area contributed by atoms with Gasteiger partial charge in [-0.2, -0.15) is 0 Å². The normalized spacial score (nSPS) is 11.2. The lowest BCUT2D eigenvalue weighted by atomic mass is 10.1. The van der Waals surface area contributed by atoms with Crippen LogP contribution in [0.3, 0.4) is 0 Å². The van der Waals surface area contributed by atoms with Crippen LogP contribution in [0, 0.1) is 0 Å². The Balaban J connectivity index is 1.27. The smallest absolute Gasteiger partial charge is 0.164 e. The molecule has 0 aliphatic rings. The monoisotopic (exact) mass is 733 g/mol. The second kappa shape index (κ2) is 14.7. The molecule has 0 amide bonds. The number of imidazole rings is 1. The maximum Gasteiger partial charge on any atom is 0.164 e. The number of hydrogen-bond donors (Lipinski definition) is 0. The number of fused-ring (bicyclic) bond motifs is 1. The third kappa shape index (κ3) is 6.70. The Hall–Kier alpha value is -8.04. The predicted octanol–water partition coefficient (Wildman–Crippen LogP) is 10.5. The number of aromatic nitrogens is 9. The molecule has 9 heteroatoms. The van der Waals surface area contributed by atoms with E-state index in [4.69, 9.17) is 34.9 Å². The van der Waals surface area contributed by atoms with Gasteiger partial charge >= 0.3 is 0 Å². The van der Waals surface area contributed by atoms with E-state index in [0.717, 1.165) is 61.5 Å². The molecule has 10 aromatic rings. The molecule has 0 radical (unpaired) electrons. The van der Waals surface area contributed by atoms with Gasteiger partial charge in [0.1, 0.15) is 5.82 Å². The van der Waals surface area contributed by atoms with Crippen molar-refractivity contribution in [2.45, 2.75) is 0 Å². The van der Waals surface area contributed by atoms with E-state index in [-0.39, 0.29) is 0 Å². The summed E-state index contributed by atoms with van der Waals surface area (Å²) in [5, 5.41) is 0. The fourth-order valence-corrected chi connectivity index (χ4v) is 6.86. The van der Waals surface area contributed by atoms with Gasteiger partial charge in [-0.15, -0.1) is 0 Å².